The van der Waals surface area contributed by atoms with Gasteiger partial charge < -0.3 is 10.6 Å². The van der Waals surface area contributed by atoms with Crippen LogP contribution in [0.25, 0.3) is 0 Å². The van der Waals surface area contributed by atoms with Crippen molar-refractivity contribution in [3.8, 4) is 0 Å². The molecule has 2 heterocycles. The van der Waals surface area contributed by atoms with Crippen molar-refractivity contribution in [1.82, 2.24) is 14.8 Å². The average molecular weight is 443 g/mol. The third-order valence-corrected chi connectivity index (χ3v) is 4.09. The molecule has 0 atom stereocenters. The molecular weight excluding hydrogens is 428 g/mol. The summed E-state index contributed by atoms with van der Waals surface area (Å²) in [6.45, 7) is 2.31. The summed E-state index contributed by atoms with van der Waals surface area (Å²) < 4.78 is 79.0. The number of rotatable bonds is 5. The van der Waals surface area contributed by atoms with E-state index in [1.54, 1.807) is 0 Å². The second-order valence-electron chi connectivity index (χ2n) is 6.31. The zero-order valence-electron chi connectivity index (χ0n) is 15.8. The first-order valence-corrected chi connectivity index (χ1v) is 8.84. The maximum absolute atomic E-state index is 12.9. The largest absolute Gasteiger partial charge is 0.433 e. The van der Waals surface area contributed by atoms with Crippen LogP contribution in [0.3, 0.4) is 0 Å². The molecule has 31 heavy (non-hydrogen) atoms. The van der Waals surface area contributed by atoms with Gasteiger partial charge in [-0.05, 0) is 49.4 Å². The van der Waals surface area contributed by atoms with Gasteiger partial charge in [0, 0.05) is 29.8 Å². The fourth-order valence-electron chi connectivity index (χ4n) is 2.67. The SMILES string of the molecule is CCn1nccc1C(=O)Nc1ccc(Nc2cc(C(F)(F)F)nc(C(F)(F)F)c2)cc1. The molecule has 0 spiro atoms. The molecule has 164 valence electrons. The van der Waals surface area contributed by atoms with Gasteiger partial charge in [-0.25, -0.2) is 4.98 Å². The summed E-state index contributed by atoms with van der Waals surface area (Å²) in [7, 11) is 0. The summed E-state index contributed by atoms with van der Waals surface area (Å²) in [5, 5.41) is 9.11. The van der Waals surface area contributed by atoms with E-state index in [9.17, 15) is 31.1 Å². The maximum atomic E-state index is 12.9. The standard InChI is InChI=1S/C19H15F6N5O/c1-2-30-14(7-8-26-30)17(31)28-12-5-3-11(4-6-12)27-13-9-15(18(20,21)22)29-16(10-13)19(23,24)25/h3-10H,2H2,1H3,(H,27,29)(H,28,31). The highest BCUT2D eigenvalue weighted by Crippen LogP contribution is 2.35. The summed E-state index contributed by atoms with van der Waals surface area (Å²) in [6.07, 6.45) is -8.61. The molecule has 3 rings (SSSR count). The van der Waals surface area contributed by atoms with Gasteiger partial charge in [-0.3, -0.25) is 9.48 Å². The van der Waals surface area contributed by atoms with E-state index in [0.29, 0.717) is 30.1 Å². The number of carbonyl (C=O) groups is 1. The molecule has 0 fully saturated rings. The van der Waals surface area contributed by atoms with Crippen LogP contribution in [0.1, 0.15) is 28.8 Å². The van der Waals surface area contributed by atoms with Crippen molar-refractivity contribution in [2.75, 3.05) is 10.6 Å². The molecule has 1 aromatic carbocycles. The highest BCUT2D eigenvalue weighted by atomic mass is 19.4. The first-order valence-electron chi connectivity index (χ1n) is 8.84. The predicted molar refractivity (Wildman–Crippen MR) is 99.8 cm³/mol. The number of nitrogens with one attached hydrogen (secondary N) is 2. The van der Waals surface area contributed by atoms with Gasteiger partial charge in [0.15, 0.2) is 0 Å². The molecule has 0 radical (unpaired) electrons. The van der Waals surface area contributed by atoms with Gasteiger partial charge in [0.25, 0.3) is 5.91 Å². The summed E-state index contributed by atoms with van der Waals surface area (Å²) in [5.41, 5.74) is -2.84. The van der Waals surface area contributed by atoms with Gasteiger partial charge in [-0.1, -0.05) is 0 Å². The third kappa shape index (κ3) is 5.32. The van der Waals surface area contributed by atoms with E-state index >= 15 is 0 Å². The smallest absolute Gasteiger partial charge is 0.355 e. The van der Waals surface area contributed by atoms with E-state index in [-0.39, 0.29) is 5.69 Å². The lowest BCUT2D eigenvalue weighted by molar-refractivity contribution is -0.150. The van der Waals surface area contributed by atoms with Crippen molar-refractivity contribution >= 4 is 23.0 Å². The average Bonchev–Trinajstić information content (AvgIpc) is 3.17. The molecule has 1 amide bonds. The van der Waals surface area contributed by atoms with Gasteiger partial charge in [0.2, 0.25) is 0 Å². The molecule has 12 heteroatoms. The van der Waals surface area contributed by atoms with Gasteiger partial charge in [-0.2, -0.15) is 31.4 Å². The van der Waals surface area contributed by atoms with Crippen LogP contribution in [0.2, 0.25) is 0 Å². The number of halogens is 6. The number of aromatic nitrogens is 3. The lowest BCUT2D eigenvalue weighted by Crippen LogP contribution is -2.17. The van der Waals surface area contributed by atoms with Crippen LogP contribution in [-0.4, -0.2) is 20.7 Å². The fourth-order valence-corrected chi connectivity index (χ4v) is 2.67. The number of nitrogens with zero attached hydrogens (tertiary/aromatic N) is 3. The normalized spacial score (nSPS) is 12.0. The summed E-state index contributed by atoms with van der Waals surface area (Å²) >= 11 is 0. The van der Waals surface area contributed by atoms with Crippen LogP contribution in [0.4, 0.5) is 43.4 Å². The Morgan fingerprint density at radius 2 is 1.45 bits per heavy atom. The van der Waals surface area contributed by atoms with Crippen LogP contribution in [0.5, 0.6) is 0 Å². The quantitative estimate of drug-likeness (QED) is 0.523. The number of carbonyl (C=O) groups excluding carboxylic acids is 1. The molecule has 0 saturated carbocycles. The van der Waals surface area contributed by atoms with Gasteiger partial charge >= 0.3 is 12.4 Å². The zero-order valence-corrected chi connectivity index (χ0v) is 15.8. The number of hydrogen-bond acceptors (Lipinski definition) is 4. The molecule has 0 aliphatic heterocycles. The molecule has 0 saturated heterocycles. The Kier molecular flexibility index (Phi) is 5.91. The van der Waals surface area contributed by atoms with Crippen molar-refractivity contribution in [1.29, 1.82) is 0 Å². The molecule has 6 nitrogen and oxygen atoms in total. The van der Waals surface area contributed by atoms with Crippen LogP contribution in [0.15, 0.2) is 48.7 Å². The van der Waals surface area contributed by atoms with E-state index in [2.05, 4.69) is 20.7 Å². The Balaban J connectivity index is 1.79. The Morgan fingerprint density at radius 3 is 1.97 bits per heavy atom. The van der Waals surface area contributed by atoms with Crippen LogP contribution >= 0.6 is 0 Å². The number of amides is 1. The van der Waals surface area contributed by atoms with Gasteiger partial charge in [-0.15, -0.1) is 0 Å². The lowest BCUT2D eigenvalue weighted by atomic mass is 10.2. The van der Waals surface area contributed by atoms with Crippen LogP contribution < -0.4 is 10.6 Å². The van der Waals surface area contributed by atoms with E-state index in [0.717, 1.165) is 0 Å². The molecule has 0 bridgehead atoms. The van der Waals surface area contributed by atoms with Crippen molar-refractivity contribution in [3.63, 3.8) is 0 Å². The number of pyridine rings is 1. The minimum absolute atomic E-state index is 0.212. The lowest BCUT2D eigenvalue weighted by Gasteiger charge is -2.14. The Bertz CT molecular complexity index is 1040. The first kappa shape index (κ1) is 22.1. The minimum Gasteiger partial charge on any atom is -0.355 e. The summed E-state index contributed by atoms with van der Waals surface area (Å²) in [4.78, 5) is 14.9. The van der Waals surface area contributed by atoms with E-state index in [1.165, 1.54) is 41.2 Å². The first-order chi connectivity index (χ1) is 14.5. The van der Waals surface area contributed by atoms with Crippen molar-refractivity contribution in [3.05, 3.63) is 65.7 Å². The number of hydrogen-bond donors (Lipinski definition) is 2. The Labute approximate surface area is 171 Å². The molecular formula is C19H15F6N5O. The van der Waals surface area contributed by atoms with Crippen molar-refractivity contribution in [2.24, 2.45) is 0 Å². The number of benzene rings is 1. The molecule has 3 aromatic rings. The van der Waals surface area contributed by atoms with E-state index in [1.807, 2.05) is 6.92 Å². The molecule has 0 aliphatic rings. The fraction of sp³-hybridized carbons (Fsp3) is 0.211. The second kappa shape index (κ2) is 8.28. The molecule has 0 aliphatic carbocycles. The Hall–Kier alpha value is -3.57. The van der Waals surface area contributed by atoms with E-state index < -0.39 is 35.3 Å². The maximum Gasteiger partial charge on any atom is 0.433 e. The topological polar surface area (TPSA) is 71.8 Å². The minimum atomic E-state index is -5.04. The van der Waals surface area contributed by atoms with Crippen molar-refractivity contribution < 1.29 is 31.1 Å². The monoisotopic (exact) mass is 443 g/mol. The van der Waals surface area contributed by atoms with Gasteiger partial charge in [0.1, 0.15) is 17.1 Å². The molecule has 2 aromatic heterocycles. The second-order valence-corrected chi connectivity index (χ2v) is 6.31. The Morgan fingerprint density at radius 1 is 0.903 bits per heavy atom. The molecule has 0 unspecified atom stereocenters. The number of alkyl halides is 6. The zero-order chi connectivity index (χ0) is 22.8. The van der Waals surface area contributed by atoms with Crippen LogP contribution in [0, 0.1) is 0 Å². The summed E-state index contributed by atoms with van der Waals surface area (Å²) in [5.74, 6) is -0.418. The third-order valence-electron chi connectivity index (χ3n) is 4.09. The van der Waals surface area contributed by atoms with Crippen molar-refractivity contribution in [2.45, 2.75) is 25.8 Å². The highest BCUT2D eigenvalue weighted by Gasteiger charge is 2.38. The number of aryl methyl sites for hydroxylation is 1. The summed E-state index contributed by atoms with van der Waals surface area (Å²) in [6, 6.07) is 8.19. The number of anilines is 3. The van der Waals surface area contributed by atoms with E-state index in [4.69, 9.17) is 0 Å². The predicted octanol–water partition coefficient (Wildman–Crippen LogP) is 5.33. The van der Waals surface area contributed by atoms with Gasteiger partial charge in [0.05, 0.1) is 0 Å². The van der Waals surface area contributed by atoms with Crippen LogP contribution in [-0.2, 0) is 18.9 Å². The highest BCUT2D eigenvalue weighted by molar-refractivity contribution is 6.03. The molecule has 2 N–H and O–H groups in total.